The molecule has 80 valence electrons. The number of likely N-dealkylation sites (N-methyl/N-ethyl adjacent to an activating group) is 1. The van der Waals surface area contributed by atoms with Crippen LogP contribution in [0.4, 0.5) is 0 Å². The number of hydrogen-bond donors (Lipinski definition) is 1. The van der Waals surface area contributed by atoms with E-state index < -0.39 is 0 Å². The van der Waals surface area contributed by atoms with E-state index in [1.165, 1.54) is 0 Å². The van der Waals surface area contributed by atoms with E-state index in [-0.39, 0.29) is 5.43 Å². The molecule has 1 N–H and O–H groups in total. The van der Waals surface area contributed by atoms with Crippen molar-refractivity contribution in [3.8, 4) is 0 Å². The first kappa shape index (κ1) is 9.92. The van der Waals surface area contributed by atoms with E-state index in [9.17, 15) is 4.79 Å². The van der Waals surface area contributed by atoms with Gasteiger partial charge in [-0.3, -0.25) is 14.3 Å². The van der Waals surface area contributed by atoms with Crippen LogP contribution in [0.2, 0.25) is 0 Å². The van der Waals surface area contributed by atoms with Gasteiger partial charge in [0, 0.05) is 31.3 Å². The van der Waals surface area contributed by atoms with Gasteiger partial charge >= 0.3 is 0 Å². The van der Waals surface area contributed by atoms with E-state index in [0.717, 1.165) is 24.4 Å². The van der Waals surface area contributed by atoms with Gasteiger partial charge in [0.15, 0.2) is 5.43 Å². The van der Waals surface area contributed by atoms with Gasteiger partial charge in [0.1, 0.15) is 11.5 Å². The Kier molecular flexibility index (Phi) is 2.55. The van der Waals surface area contributed by atoms with E-state index in [1.807, 2.05) is 18.5 Å². The van der Waals surface area contributed by atoms with Crippen molar-refractivity contribution in [2.24, 2.45) is 0 Å². The SMILES string of the molecule is CN(C)CCc1n[nH]c2cc(=O)ccn12. The summed E-state index contributed by atoms with van der Waals surface area (Å²) in [6, 6.07) is 3.09. The highest BCUT2D eigenvalue weighted by Crippen LogP contribution is 2.01. The molecule has 0 fully saturated rings. The second kappa shape index (κ2) is 3.86. The summed E-state index contributed by atoms with van der Waals surface area (Å²) in [5, 5.41) is 7.03. The minimum Gasteiger partial charge on any atom is -0.309 e. The van der Waals surface area contributed by atoms with Crippen LogP contribution < -0.4 is 5.43 Å². The Bertz CT molecular complexity index is 511. The molecule has 15 heavy (non-hydrogen) atoms. The van der Waals surface area contributed by atoms with Crippen molar-refractivity contribution in [3.05, 3.63) is 34.4 Å². The molecule has 0 spiro atoms. The third kappa shape index (κ3) is 2.07. The molecule has 0 radical (unpaired) electrons. The van der Waals surface area contributed by atoms with Crippen molar-refractivity contribution in [2.45, 2.75) is 6.42 Å². The number of pyridine rings is 1. The summed E-state index contributed by atoms with van der Waals surface area (Å²) in [5.74, 6) is 0.943. The molecule has 2 rings (SSSR count). The Morgan fingerprint density at radius 2 is 2.33 bits per heavy atom. The van der Waals surface area contributed by atoms with Crippen LogP contribution in [-0.4, -0.2) is 40.1 Å². The molecule has 2 heterocycles. The standard InChI is InChI=1S/C10H14N4O/c1-13(2)5-4-9-11-12-10-7-8(15)3-6-14(9)10/h3,6-7,12H,4-5H2,1-2H3. The molecular weight excluding hydrogens is 192 g/mol. The number of hydrogen-bond acceptors (Lipinski definition) is 3. The Morgan fingerprint density at radius 3 is 3.07 bits per heavy atom. The second-order valence-electron chi connectivity index (χ2n) is 3.81. The monoisotopic (exact) mass is 206 g/mol. The maximum atomic E-state index is 11.1. The zero-order chi connectivity index (χ0) is 10.8. The lowest BCUT2D eigenvalue weighted by Gasteiger charge is -2.07. The predicted octanol–water partition coefficient (Wildman–Crippen LogP) is 0.127. The van der Waals surface area contributed by atoms with Crippen LogP contribution in [0.1, 0.15) is 5.82 Å². The van der Waals surface area contributed by atoms with E-state index in [0.29, 0.717) is 0 Å². The highest BCUT2D eigenvalue weighted by atomic mass is 16.1. The zero-order valence-corrected chi connectivity index (χ0v) is 8.90. The van der Waals surface area contributed by atoms with Crippen LogP contribution in [0.5, 0.6) is 0 Å². The van der Waals surface area contributed by atoms with Crippen LogP contribution in [0, 0.1) is 0 Å². The van der Waals surface area contributed by atoms with Gasteiger partial charge < -0.3 is 4.90 Å². The van der Waals surface area contributed by atoms with Crippen LogP contribution in [0.15, 0.2) is 23.1 Å². The van der Waals surface area contributed by atoms with Crippen molar-refractivity contribution >= 4 is 5.65 Å². The molecule has 5 heteroatoms. The number of H-pyrrole nitrogens is 1. The third-order valence-electron chi connectivity index (χ3n) is 2.29. The first-order valence-corrected chi connectivity index (χ1v) is 4.87. The van der Waals surface area contributed by atoms with Crippen LogP contribution in [0.25, 0.3) is 5.65 Å². The van der Waals surface area contributed by atoms with Gasteiger partial charge in [0.2, 0.25) is 0 Å². The topological polar surface area (TPSA) is 53.4 Å². The number of nitrogens with one attached hydrogen (secondary N) is 1. The van der Waals surface area contributed by atoms with Gasteiger partial charge in [0.05, 0.1) is 0 Å². The first-order valence-electron chi connectivity index (χ1n) is 4.87. The predicted molar refractivity (Wildman–Crippen MR) is 58.1 cm³/mol. The lowest BCUT2D eigenvalue weighted by Crippen LogP contribution is -2.16. The molecule has 0 aromatic carbocycles. The number of aromatic nitrogens is 3. The second-order valence-corrected chi connectivity index (χ2v) is 3.81. The maximum Gasteiger partial charge on any atom is 0.183 e. The maximum absolute atomic E-state index is 11.1. The highest BCUT2D eigenvalue weighted by Gasteiger charge is 2.03. The Labute approximate surface area is 87.3 Å². The van der Waals surface area contributed by atoms with Crippen molar-refractivity contribution in [1.29, 1.82) is 0 Å². The van der Waals surface area contributed by atoms with Crippen molar-refractivity contribution in [2.75, 3.05) is 20.6 Å². The molecule has 0 saturated carbocycles. The Morgan fingerprint density at radius 1 is 1.53 bits per heavy atom. The zero-order valence-electron chi connectivity index (χ0n) is 8.90. The molecule has 5 nitrogen and oxygen atoms in total. The van der Waals surface area contributed by atoms with E-state index in [4.69, 9.17) is 0 Å². The first-order chi connectivity index (χ1) is 7.16. The molecule has 0 atom stereocenters. The van der Waals surface area contributed by atoms with Crippen LogP contribution >= 0.6 is 0 Å². The van der Waals surface area contributed by atoms with E-state index in [2.05, 4.69) is 15.1 Å². The van der Waals surface area contributed by atoms with Gasteiger partial charge in [-0.25, -0.2) is 0 Å². The molecule has 2 aromatic heterocycles. The van der Waals surface area contributed by atoms with Gasteiger partial charge in [-0.2, -0.15) is 5.10 Å². The molecule has 0 aliphatic heterocycles. The van der Waals surface area contributed by atoms with Gasteiger partial charge in [-0.05, 0) is 14.1 Å². The largest absolute Gasteiger partial charge is 0.309 e. The van der Waals surface area contributed by atoms with E-state index >= 15 is 0 Å². The highest BCUT2D eigenvalue weighted by molar-refractivity contribution is 5.37. The average molecular weight is 206 g/mol. The number of rotatable bonds is 3. The molecule has 0 unspecified atom stereocenters. The summed E-state index contributed by atoms with van der Waals surface area (Å²) in [5.41, 5.74) is 0.745. The smallest absolute Gasteiger partial charge is 0.183 e. The number of nitrogens with zero attached hydrogens (tertiary/aromatic N) is 3. The Hall–Kier alpha value is -1.62. The molecule has 0 saturated heterocycles. The van der Waals surface area contributed by atoms with Crippen molar-refractivity contribution in [3.63, 3.8) is 0 Å². The van der Waals surface area contributed by atoms with Gasteiger partial charge in [-0.15, -0.1) is 0 Å². The van der Waals surface area contributed by atoms with Crippen LogP contribution in [-0.2, 0) is 6.42 Å². The molecular formula is C10H14N4O. The fourth-order valence-corrected chi connectivity index (χ4v) is 1.47. The fraction of sp³-hybridized carbons (Fsp3) is 0.400. The fourth-order valence-electron chi connectivity index (χ4n) is 1.47. The molecule has 2 aromatic rings. The van der Waals surface area contributed by atoms with Crippen LogP contribution in [0.3, 0.4) is 0 Å². The molecule has 0 amide bonds. The van der Waals surface area contributed by atoms with Gasteiger partial charge in [0.25, 0.3) is 0 Å². The summed E-state index contributed by atoms with van der Waals surface area (Å²) in [4.78, 5) is 13.2. The lowest BCUT2D eigenvalue weighted by molar-refractivity contribution is 0.409. The lowest BCUT2D eigenvalue weighted by atomic mass is 10.3. The normalized spacial score (nSPS) is 11.4. The molecule has 0 aliphatic rings. The summed E-state index contributed by atoms with van der Waals surface area (Å²) >= 11 is 0. The summed E-state index contributed by atoms with van der Waals surface area (Å²) in [6.07, 6.45) is 2.61. The number of fused-ring (bicyclic) bond motifs is 1. The Balaban J connectivity index is 2.33. The average Bonchev–Trinajstić information content (AvgIpc) is 2.57. The summed E-state index contributed by atoms with van der Waals surface area (Å²) in [6.45, 7) is 0.937. The van der Waals surface area contributed by atoms with Gasteiger partial charge in [-0.1, -0.05) is 0 Å². The van der Waals surface area contributed by atoms with Crippen molar-refractivity contribution < 1.29 is 0 Å². The minimum absolute atomic E-state index is 0.00203. The number of aromatic amines is 1. The van der Waals surface area contributed by atoms with Crippen molar-refractivity contribution in [1.82, 2.24) is 19.5 Å². The summed E-state index contributed by atoms with van der Waals surface area (Å²) < 4.78 is 1.91. The quantitative estimate of drug-likeness (QED) is 0.776. The third-order valence-corrected chi connectivity index (χ3v) is 2.29. The van der Waals surface area contributed by atoms with E-state index in [1.54, 1.807) is 18.3 Å². The minimum atomic E-state index is -0.00203. The molecule has 0 aliphatic carbocycles. The molecule has 0 bridgehead atoms. The summed E-state index contributed by atoms with van der Waals surface area (Å²) in [7, 11) is 4.05.